The van der Waals surface area contributed by atoms with Gasteiger partial charge in [0.25, 0.3) is 5.91 Å². The van der Waals surface area contributed by atoms with E-state index in [0.29, 0.717) is 56.1 Å². The van der Waals surface area contributed by atoms with Crippen LogP contribution < -0.4 is 5.32 Å². The molecule has 2 aromatic rings. The Labute approximate surface area is 155 Å². The highest BCUT2D eigenvalue weighted by Gasteiger charge is 2.40. The fourth-order valence-corrected chi connectivity index (χ4v) is 3.38. The molecule has 0 radical (unpaired) electrons. The normalized spacial score (nSPS) is 18.7. The SMILES string of the molecule is O=C(c1cncc(Nc2ccc(F)c(F)c2)c1)N1CCC2(CC1)OCCO2. The van der Waals surface area contributed by atoms with Crippen LogP contribution in [0, 0.1) is 11.6 Å². The molecule has 1 aromatic heterocycles. The van der Waals surface area contributed by atoms with Gasteiger partial charge in [0, 0.05) is 43.9 Å². The van der Waals surface area contributed by atoms with Gasteiger partial charge in [0.15, 0.2) is 17.4 Å². The molecule has 1 aromatic carbocycles. The largest absolute Gasteiger partial charge is 0.354 e. The number of nitrogens with zero attached hydrogens (tertiary/aromatic N) is 2. The first-order chi connectivity index (χ1) is 13.0. The summed E-state index contributed by atoms with van der Waals surface area (Å²) in [7, 11) is 0. The van der Waals surface area contributed by atoms with Crippen molar-refractivity contribution in [1.82, 2.24) is 9.88 Å². The summed E-state index contributed by atoms with van der Waals surface area (Å²) in [5, 5.41) is 2.93. The van der Waals surface area contributed by atoms with E-state index in [1.807, 2.05) is 0 Å². The fourth-order valence-electron chi connectivity index (χ4n) is 3.38. The van der Waals surface area contributed by atoms with Crippen molar-refractivity contribution in [2.75, 3.05) is 31.6 Å². The Hall–Kier alpha value is -2.58. The van der Waals surface area contributed by atoms with Crippen LogP contribution in [0.15, 0.2) is 36.7 Å². The summed E-state index contributed by atoms with van der Waals surface area (Å²) in [4.78, 5) is 18.6. The number of halogens is 2. The molecule has 6 nitrogen and oxygen atoms in total. The van der Waals surface area contributed by atoms with Crippen molar-refractivity contribution in [3.8, 4) is 0 Å². The van der Waals surface area contributed by atoms with E-state index >= 15 is 0 Å². The van der Waals surface area contributed by atoms with Crippen LogP contribution in [-0.2, 0) is 9.47 Å². The third kappa shape index (κ3) is 3.77. The molecule has 0 aliphatic carbocycles. The number of ether oxygens (including phenoxy) is 2. The lowest BCUT2D eigenvalue weighted by Gasteiger charge is -2.37. The Kier molecular flexibility index (Phi) is 4.75. The second-order valence-electron chi connectivity index (χ2n) is 6.62. The monoisotopic (exact) mass is 375 g/mol. The number of nitrogens with one attached hydrogen (secondary N) is 1. The Morgan fingerprint density at radius 1 is 1.04 bits per heavy atom. The maximum Gasteiger partial charge on any atom is 0.255 e. The first-order valence-electron chi connectivity index (χ1n) is 8.79. The average molecular weight is 375 g/mol. The van der Waals surface area contributed by atoms with Crippen molar-refractivity contribution in [3.05, 3.63) is 53.9 Å². The minimum Gasteiger partial charge on any atom is -0.354 e. The number of hydrogen-bond acceptors (Lipinski definition) is 5. The minimum atomic E-state index is -0.946. The first-order valence-corrected chi connectivity index (χ1v) is 8.79. The van der Waals surface area contributed by atoms with Crippen molar-refractivity contribution in [3.63, 3.8) is 0 Å². The number of benzene rings is 1. The molecule has 2 aliphatic heterocycles. The number of likely N-dealkylation sites (tertiary alicyclic amines) is 1. The molecule has 2 fully saturated rings. The number of pyridine rings is 1. The Bertz CT molecular complexity index is 846. The van der Waals surface area contributed by atoms with Crippen molar-refractivity contribution < 1.29 is 23.0 Å². The Balaban J connectivity index is 1.44. The van der Waals surface area contributed by atoms with Crippen LogP contribution in [0.1, 0.15) is 23.2 Å². The molecule has 3 heterocycles. The Morgan fingerprint density at radius 3 is 2.48 bits per heavy atom. The third-order valence-electron chi connectivity index (χ3n) is 4.82. The number of piperidine rings is 1. The van der Waals surface area contributed by atoms with Gasteiger partial charge < -0.3 is 19.7 Å². The molecular formula is C19H19F2N3O3. The predicted molar refractivity (Wildman–Crippen MR) is 93.7 cm³/mol. The molecule has 0 bridgehead atoms. The summed E-state index contributed by atoms with van der Waals surface area (Å²) < 4.78 is 37.7. The summed E-state index contributed by atoms with van der Waals surface area (Å²) in [6.07, 6.45) is 4.28. The molecule has 0 unspecified atom stereocenters. The highest BCUT2D eigenvalue weighted by Crippen LogP contribution is 2.31. The number of carbonyl (C=O) groups excluding carboxylic acids is 1. The summed E-state index contributed by atoms with van der Waals surface area (Å²) >= 11 is 0. The average Bonchev–Trinajstić information content (AvgIpc) is 3.13. The van der Waals surface area contributed by atoms with Crippen LogP contribution in [0.3, 0.4) is 0 Å². The zero-order chi connectivity index (χ0) is 18.9. The van der Waals surface area contributed by atoms with Gasteiger partial charge in [0.2, 0.25) is 0 Å². The predicted octanol–water partition coefficient (Wildman–Crippen LogP) is 3.08. The Morgan fingerprint density at radius 2 is 1.78 bits per heavy atom. The number of hydrogen-bond donors (Lipinski definition) is 1. The van der Waals surface area contributed by atoms with Gasteiger partial charge in [0.1, 0.15) is 0 Å². The second kappa shape index (κ2) is 7.21. The first kappa shape index (κ1) is 17.8. The standard InChI is InChI=1S/C19H19F2N3O3/c20-16-2-1-14(10-17(16)21)23-15-9-13(11-22-12-15)18(25)24-5-3-19(4-6-24)26-7-8-27-19/h1-2,9-12,23H,3-8H2. The topological polar surface area (TPSA) is 63.7 Å². The lowest BCUT2D eigenvalue weighted by Crippen LogP contribution is -2.47. The van der Waals surface area contributed by atoms with Gasteiger partial charge in [-0.1, -0.05) is 0 Å². The number of aromatic nitrogens is 1. The molecule has 2 saturated heterocycles. The lowest BCUT2D eigenvalue weighted by atomic mass is 10.0. The van der Waals surface area contributed by atoms with Crippen LogP contribution in [0.5, 0.6) is 0 Å². The number of anilines is 2. The van der Waals surface area contributed by atoms with Gasteiger partial charge in [-0.2, -0.15) is 0 Å². The summed E-state index contributed by atoms with van der Waals surface area (Å²) in [6.45, 7) is 2.27. The van der Waals surface area contributed by atoms with Gasteiger partial charge in [-0.15, -0.1) is 0 Å². The van der Waals surface area contributed by atoms with E-state index in [4.69, 9.17) is 9.47 Å². The second-order valence-corrected chi connectivity index (χ2v) is 6.62. The van der Waals surface area contributed by atoms with Gasteiger partial charge in [-0.05, 0) is 18.2 Å². The lowest BCUT2D eigenvalue weighted by molar-refractivity contribution is -0.181. The molecule has 8 heteroatoms. The highest BCUT2D eigenvalue weighted by atomic mass is 19.2. The van der Waals surface area contributed by atoms with Crippen molar-refractivity contribution in [2.45, 2.75) is 18.6 Å². The van der Waals surface area contributed by atoms with Gasteiger partial charge >= 0.3 is 0 Å². The molecule has 4 rings (SSSR count). The highest BCUT2D eigenvalue weighted by molar-refractivity contribution is 5.95. The molecule has 142 valence electrons. The number of carbonyl (C=O) groups is 1. The number of rotatable bonds is 3. The van der Waals surface area contributed by atoms with E-state index in [1.165, 1.54) is 18.5 Å². The van der Waals surface area contributed by atoms with E-state index in [1.54, 1.807) is 11.0 Å². The maximum absolute atomic E-state index is 13.3. The summed E-state index contributed by atoms with van der Waals surface area (Å²) in [6, 6.07) is 5.15. The third-order valence-corrected chi connectivity index (χ3v) is 4.82. The van der Waals surface area contributed by atoms with E-state index in [0.717, 1.165) is 12.1 Å². The van der Waals surface area contributed by atoms with E-state index in [2.05, 4.69) is 10.3 Å². The minimum absolute atomic E-state index is 0.135. The molecule has 1 N–H and O–H groups in total. The zero-order valence-corrected chi connectivity index (χ0v) is 14.6. The van der Waals surface area contributed by atoms with E-state index in [-0.39, 0.29) is 5.91 Å². The van der Waals surface area contributed by atoms with Gasteiger partial charge in [0.05, 0.1) is 30.7 Å². The van der Waals surface area contributed by atoms with Crippen LogP contribution in [0.4, 0.5) is 20.2 Å². The molecule has 0 saturated carbocycles. The van der Waals surface area contributed by atoms with Gasteiger partial charge in [-0.3, -0.25) is 9.78 Å². The molecule has 1 amide bonds. The van der Waals surface area contributed by atoms with Crippen LogP contribution in [0.25, 0.3) is 0 Å². The van der Waals surface area contributed by atoms with Crippen LogP contribution >= 0.6 is 0 Å². The van der Waals surface area contributed by atoms with Crippen LogP contribution in [0.2, 0.25) is 0 Å². The van der Waals surface area contributed by atoms with Crippen LogP contribution in [-0.4, -0.2) is 47.9 Å². The zero-order valence-electron chi connectivity index (χ0n) is 14.6. The number of amides is 1. The van der Waals surface area contributed by atoms with E-state index < -0.39 is 17.4 Å². The molecule has 1 spiro atoms. The molecule has 2 aliphatic rings. The van der Waals surface area contributed by atoms with Crippen molar-refractivity contribution in [1.29, 1.82) is 0 Å². The smallest absolute Gasteiger partial charge is 0.255 e. The molecular weight excluding hydrogens is 356 g/mol. The quantitative estimate of drug-likeness (QED) is 0.893. The summed E-state index contributed by atoms with van der Waals surface area (Å²) in [5.74, 6) is -2.53. The van der Waals surface area contributed by atoms with Gasteiger partial charge in [-0.25, -0.2) is 8.78 Å². The summed E-state index contributed by atoms with van der Waals surface area (Å²) in [5.41, 5.74) is 1.31. The van der Waals surface area contributed by atoms with Crippen molar-refractivity contribution in [2.24, 2.45) is 0 Å². The van der Waals surface area contributed by atoms with Crippen molar-refractivity contribution >= 4 is 17.3 Å². The maximum atomic E-state index is 13.3. The fraction of sp³-hybridized carbons (Fsp3) is 0.368. The molecule has 27 heavy (non-hydrogen) atoms. The molecule has 0 atom stereocenters. The van der Waals surface area contributed by atoms with E-state index in [9.17, 15) is 13.6 Å².